The number of hydrogen-bond donors (Lipinski definition) is 0. The number of fused-ring (bicyclic) bond motifs is 5. The first-order chi connectivity index (χ1) is 12.2. The van der Waals surface area contributed by atoms with Crippen LogP contribution in [0.25, 0.3) is 0 Å². The van der Waals surface area contributed by atoms with Crippen molar-refractivity contribution in [3.63, 3.8) is 0 Å². The summed E-state index contributed by atoms with van der Waals surface area (Å²) in [6.07, 6.45) is 0.479. The van der Waals surface area contributed by atoms with Crippen molar-refractivity contribution in [2.75, 3.05) is 11.4 Å². The van der Waals surface area contributed by atoms with Crippen molar-refractivity contribution in [2.24, 2.45) is 10.3 Å². The molecule has 25 heavy (non-hydrogen) atoms. The van der Waals surface area contributed by atoms with E-state index in [2.05, 4.69) is 46.5 Å². The SMILES string of the molecule is CCC(=O)N1Cc2ccccc2C2C(N=NN2CC)c2ccccc21. The summed E-state index contributed by atoms with van der Waals surface area (Å²) in [5.41, 5.74) is 4.40. The van der Waals surface area contributed by atoms with E-state index in [-0.39, 0.29) is 18.0 Å². The Morgan fingerprint density at radius 1 is 1.08 bits per heavy atom. The highest BCUT2D eigenvalue weighted by Gasteiger charge is 2.39. The normalized spacial score (nSPS) is 21.2. The van der Waals surface area contributed by atoms with Gasteiger partial charge < -0.3 is 4.90 Å². The first-order valence-corrected chi connectivity index (χ1v) is 8.89. The molecule has 0 aromatic heterocycles. The van der Waals surface area contributed by atoms with Gasteiger partial charge in [-0.1, -0.05) is 54.6 Å². The van der Waals surface area contributed by atoms with Crippen molar-refractivity contribution in [1.29, 1.82) is 0 Å². The van der Waals surface area contributed by atoms with Gasteiger partial charge in [0, 0.05) is 24.2 Å². The van der Waals surface area contributed by atoms with Crippen molar-refractivity contribution in [3.05, 3.63) is 65.2 Å². The van der Waals surface area contributed by atoms with Gasteiger partial charge in [-0.15, -0.1) is 0 Å². The molecule has 5 nitrogen and oxygen atoms in total. The van der Waals surface area contributed by atoms with Crippen molar-refractivity contribution in [1.82, 2.24) is 5.01 Å². The summed E-state index contributed by atoms with van der Waals surface area (Å²) in [5, 5.41) is 11.1. The summed E-state index contributed by atoms with van der Waals surface area (Å²) in [5.74, 6) is 0.128. The lowest BCUT2D eigenvalue weighted by Gasteiger charge is -2.34. The lowest BCUT2D eigenvalue weighted by atomic mass is 9.87. The van der Waals surface area contributed by atoms with Crippen LogP contribution in [0.4, 0.5) is 5.69 Å². The summed E-state index contributed by atoms with van der Waals surface area (Å²) >= 11 is 0. The Hall–Kier alpha value is -2.69. The van der Waals surface area contributed by atoms with Gasteiger partial charge in [-0.3, -0.25) is 9.80 Å². The summed E-state index contributed by atoms with van der Waals surface area (Å²) in [4.78, 5) is 14.6. The molecule has 2 heterocycles. The third kappa shape index (κ3) is 2.51. The number of carbonyl (C=O) groups is 1. The highest BCUT2D eigenvalue weighted by Crippen LogP contribution is 2.47. The van der Waals surface area contributed by atoms with Crippen LogP contribution in [0.15, 0.2) is 58.9 Å². The van der Waals surface area contributed by atoms with Gasteiger partial charge in [0.15, 0.2) is 0 Å². The predicted molar refractivity (Wildman–Crippen MR) is 97.1 cm³/mol. The Bertz CT molecular complexity index is 832. The van der Waals surface area contributed by atoms with Crippen LogP contribution in [0.3, 0.4) is 0 Å². The van der Waals surface area contributed by atoms with Crippen molar-refractivity contribution in [3.8, 4) is 0 Å². The molecule has 0 spiro atoms. The monoisotopic (exact) mass is 334 g/mol. The third-order valence-electron chi connectivity index (χ3n) is 5.09. The van der Waals surface area contributed by atoms with E-state index >= 15 is 0 Å². The molecule has 0 bridgehead atoms. The van der Waals surface area contributed by atoms with Gasteiger partial charge >= 0.3 is 0 Å². The molecule has 2 aromatic rings. The molecule has 0 saturated carbocycles. The van der Waals surface area contributed by atoms with Gasteiger partial charge in [0.2, 0.25) is 5.91 Å². The maximum Gasteiger partial charge on any atom is 0.227 e. The molecule has 0 fully saturated rings. The number of amides is 1. The van der Waals surface area contributed by atoms with E-state index in [0.29, 0.717) is 13.0 Å². The van der Waals surface area contributed by atoms with Crippen molar-refractivity contribution in [2.45, 2.75) is 38.9 Å². The number of rotatable bonds is 2. The minimum Gasteiger partial charge on any atom is -0.308 e. The molecule has 2 atom stereocenters. The summed E-state index contributed by atoms with van der Waals surface area (Å²) in [6.45, 7) is 5.40. The molecule has 1 amide bonds. The standard InChI is InChI=1S/C20H22N4O/c1-3-18(25)23-13-14-9-5-6-10-15(14)20-19(21-22-24(20)4-2)16-11-7-8-12-17(16)23/h5-12,19-20H,3-4,13H2,1-2H3. The van der Waals surface area contributed by atoms with Crippen LogP contribution >= 0.6 is 0 Å². The van der Waals surface area contributed by atoms with Crippen molar-refractivity contribution < 1.29 is 4.79 Å². The molecule has 0 N–H and O–H groups in total. The zero-order valence-electron chi connectivity index (χ0n) is 14.6. The Morgan fingerprint density at radius 2 is 1.80 bits per heavy atom. The number of nitrogens with zero attached hydrogens (tertiary/aromatic N) is 4. The Kier molecular flexibility index (Phi) is 3.99. The van der Waals surface area contributed by atoms with Crippen LogP contribution < -0.4 is 4.90 Å². The molecule has 0 radical (unpaired) electrons. The molecule has 2 aliphatic heterocycles. The average Bonchev–Trinajstić information content (AvgIpc) is 3.08. The fraction of sp³-hybridized carbons (Fsp3) is 0.350. The molecule has 128 valence electrons. The molecule has 2 aliphatic rings. The number of anilines is 1. The van der Waals surface area contributed by atoms with Gasteiger partial charge in [-0.05, 0) is 24.1 Å². The Labute approximate surface area is 147 Å². The Morgan fingerprint density at radius 3 is 2.56 bits per heavy atom. The van der Waals surface area contributed by atoms with E-state index in [4.69, 9.17) is 0 Å². The number of benzene rings is 2. The molecule has 2 unspecified atom stereocenters. The molecular formula is C20H22N4O. The largest absolute Gasteiger partial charge is 0.308 e. The van der Waals surface area contributed by atoms with Gasteiger partial charge in [0.05, 0.1) is 6.54 Å². The second kappa shape index (κ2) is 6.31. The predicted octanol–water partition coefficient (Wildman–Crippen LogP) is 4.43. The number of para-hydroxylation sites is 1. The molecule has 0 aliphatic carbocycles. The fourth-order valence-corrected chi connectivity index (χ4v) is 3.85. The zero-order valence-corrected chi connectivity index (χ0v) is 14.6. The van der Waals surface area contributed by atoms with Gasteiger partial charge in [0.1, 0.15) is 12.1 Å². The molecule has 2 aromatic carbocycles. The van der Waals surface area contributed by atoms with E-state index in [1.54, 1.807) is 0 Å². The third-order valence-corrected chi connectivity index (χ3v) is 5.09. The highest BCUT2D eigenvalue weighted by atomic mass is 16.2. The highest BCUT2D eigenvalue weighted by molar-refractivity contribution is 5.94. The first-order valence-electron chi connectivity index (χ1n) is 8.89. The second-order valence-electron chi connectivity index (χ2n) is 6.44. The van der Waals surface area contributed by atoms with E-state index in [0.717, 1.165) is 17.8 Å². The smallest absolute Gasteiger partial charge is 0.227 e. The average molecular weight is 334 g/mol. The van der Waals surface area contributed by atoms with Crippen LogP contribution in [-0.2, 0) is 11.3 Å². The fourth-order valence-electron chi connectivity index (χ4n) is 3.85. The molecular weight excluding hydrogens is 312 g/mol. The van der Waals surface area contributed by atoms with Crippen LogP contribution in [0.1, 0.15) is 49.0 Å². The topological polar surface area (TPSA) is 48.3 Å². The molecule has 5 heteroatoms. The van der Waals surface area contributed by atoms with Crippen molar-refractivity contribution >= 4 is 11.6 Å². The van der Waals surface area contributed by atoms with Gasteiger partial charge in [-0.2, -0.15) is 5.11 Å². The number of likely N-dealkylation sites (N-methyl/N-ethyl adjacent to an activating group) is 1. The quantitative estimate of drug-likeness (QED) is 0.816. The van der Waals surface area contributed by atoms with E-state index in [1.807, 2.05) is 36.1 Å². The van der Waals surface area contributed by atoms with Crippen LogP contribution in [0.2, 0.25) is 0 Å². The Balaban J connectivity index is 1.93. The second-order valence-corrected chi connectivity index (χ2v) is 6.44. The first kappa shape index (κ1) is 15.8. The molecule has 0 saturated heterocycles. The van der Waals surface area contributed by atoms with Gasteiger partial charge in [0.25, 0.3) is 0 Å². The number of hydrogen-bond acceptors (Lipinski definition) is 4. The van der Waals surface area contributed by atoms with E-state index in [1.165, 1.54) is 11.1 Å². The van der Waals surface area contributed by atoms with Crippen LogP contribution in [-0.4, -0.2) is 17.5 Å². The maximum atomic E-state index is 12.7. The summed E-state index contributed by atoms with van der Waals surface area (Å²) in [7, 11) is 0. The zero-order chi connectivity index (χ0) is 17.4. The van der Waals surface area contributed by atoms with E-state index in [9.17, 15) is 4.79 Å². The number of carbonyl (C=O) groups excluding carboxylic acids is 1. The van der Waals surface area contributed by atoms with E-state index < -0.39 is 0 Å². The van der Waals surface area contributed by atoms with Gasteiger partial charge in [-0.25, -0.2) is 0 Å². The minimum absolute atomic E-state index is 0.0845. The maximum absolute atomic E-state index is 12.7. The van der Waals surface area contributed by atoms with Crippen LogP contribution in [0, 0.1) is 0 Å². The lowest BCUT2D eigenvalue weighted by Crippen LogP contribution is -2.34. The molecule has 4 rings (SSSR count). The minimum atomic E-state index is -0.0928. The van der Waals surface area contributed by atoms with Crippen LogP contribution in [0.5, 0.6) is 0 Å². The lowest BCUT2D eigenvalue weighted by molar-refractivity contribution is -0.118. The summed E-state index contributed by atoms with van der Waals surface area (Å²) in [6, 6.07) is 16.5. The summed E-state index contributed by atoms with van der Waals surface area (Å²) < 4.78 is 0.